The zero-order valence-electron chi connectivity index (χ0n) is 16.5. The molecule has 2 aromatic carbocycles. The predicted molar refractivity (Wildman–Crippen MR) is 109 cm³/mol. The van der Waals surface area contributed by atoms with E-state index in [1.54, 1.807) is 0 Å². The van der Waals surface area contributed by atoms with Gasteiger partial charge in [-0.25, -0.2) is 13.1 Å². The van der Waals surface area contributed by atoms with Gasteiger partial charge in [0, 0.05) is 11.9 Å². The van der Waals surface area contributed by atoms with Crippen LogP contribution in [-0.4, -0.2) is 37.0 Å². The maximum absolute atomic E-state index is 12.8. The van der Waals surface area contributed by atoms with Gasteiger partial charge in [-0.3, -0.25) is 9.59 Å². The van der Waals surface area contributed by atoms with Gasteiger partial charge in [0.1, 0.15) is 12.3 Å². The molecule has 3 aromatic rings. The van der Waals surface area contributed by atoms with Crippen LogP contribution in [0.2, 0.25) is 0 Å². The lowest BCUT2D eigenvalue weighted by Gasteiger charge is -2.14. The molecule has 0 atom stereocenters. The van der Waals surface area contributed by atoms with Gasteiger partial charge in [0.2, 0.25) is 12.2 Å². The minimum absolute atomic E-state index is 0.0281. The van der Waals surface area contributed by atoms with Crippen LogP contribution in [0.1, 0.15) is 0 Å². The van der Waals surface area contributed by atoms with Gasteiger partial charge in [-0.05, 0) is 42.0 Å². The summed E-state index contributed by atoms with van der Waals surface area (Å²) in [7, 11) is -3.47. The van der Waals surface area contributed by atoms with Gasteiger partial charge in [0.05, 0.1) is 16.7 Å². The molecule has 1 amide bonds. The number of benzene rings is 2. The highest BCUT2D eigenvalue weighted by atomic mass is 32.2. The van der Waals surface area contributed by atoms with Crippen LogP contribution in [0.25, 0.3) is 11.1 Å². The standard InChI is InChI=1S/C20H16F3N3O5S/c1-32(29,30)16-8-2-13(3-9-16)17-10-25-26(11-20(21,22)23)19(28)18(17)31-15-6-4-14(5-7-15)24-12-27/h2-10,12H,11H2,1H3,(H,24,27). The van der Waals surface area contributed by atoms with Crippen LogP contribution in [0.4, 0.5) is 18.9 Å². The molecule has 8 nitrogen and oxygen atoms in total. The lowest BCUT2D eigenvalue weighted by Crippen LogP contribution is -2.30. The average molecular weight is 467 g/mol. The van der Waals surface area contributed by atoms with Crippen molar-refractivity contribution in [1.82, 2.24) is 9.78 Å². The molecule has 1 heterocycles. The van der Waals surface area contributed by atoms with E-state index >= 15 is 0 Å². The van der Waals surface area contributed by atoms with Crippen molar-refractivity contribution in [2.45, 2.75) is 17.6 Å². The number of alkyl halides is 3. The van der Waals surface area contributed by atoms with Crippen molar-refractivity contribution in [1.29, 1.82) is 0 Å². The number of halogens is 3. The first-order chi connectivity index (χ1) is 15.0. The second-order valence-electron chi connectivity index (χ2n) is 6.65. The van der Waals surface area contributed by atoms with Crippen LogP contribution >= 0.6 is 0 Å². The Labute approximate surface area is 180 Å². The third kappa shape index (κ3) is 5.52. The van der Waals surface area contributed by atoms with Gasteiger partial charge >= 0.3 is 11.7 Å². The summed E-state index contributed by atoms with van der Waals surface area (Å²) in [6, 6.07) is 11.2. The molecule has 0 fully saturated rings. The lowest BCUT2D eigenvalue weighted by molar-refractivity contribution is -0.143. The Kier molecular flexibility index (Phi) is 6.35. The number of sulfone groups is 1. The lowest BCUT2D eigenvalue weighted by atomic mass is 10.1. The van der Waals surface area contributed by atoms with Gasteiger partial charge in [-0.2, -0.15) is 18.3 Å². The number of anilines is 1. The largest absolute Gasteiger partial charge is 0.451 e. The smallest absolute Gasteiger partial charge is 0.408 e. The summed E-state index contributed by atoms with van der Waals surface area (Å²) < 4.78 is 67.7. The Morgan fingerprint density at radius 1 is 1.09 bits per heavy atom. The summed E-state index contributed by atoms with van der Waals surface area (Å²) in [5.41, 5.74) is -0.297. The molecule has 0 bridgehead atoms. The molecule has 32 heavy (non-hydrogen) atoms. The van der Waals surface area contributed by atoms with Crippen molar-refractivity contribution in [2.24, 2.45) is 0 Å². The Morgan fingerprint density at radius 3 is 2.25 bits per heavy atom. The molecule has 168 valence electrons. The molecule has 0 radical (unpaired) electrons. The molecular formula is C20H16F3N3O5S. The number of rotatable bonds is 7. The molecule has 0 aliphatic heterocycles. The minimum Gasteiger partial charge on any atom is -0.451 e. The Bertz CT molecular complexity index is 1290. The van der Waals surface area contributed by atoms with Crippen molar-refractivity contribution < 1.29 is 31.1 Å². The Hall–Kier alpha value is -3.67. The summed E-state index contributed by atoms with van der Waals surface area (Å²) in [6.07, 6.45) is -2.15. The summed E-state index contributed by atoms with van der Waals surface area (Å²) in [5, 5.41) is 6.00. The van der Waals surface area contributed by atoms with Crippen molar-refractivity contribution in [3.8, 4) is 22.6 Å². The van der Waals surface area contributed by atoms with E-state index in [-0.39, 0.29) is 20.9 Å². The van der Waals surface area contributed by atoms with E-state index in [9.17, 15) is 31.2 Å². The highest BCUT2D eigenvalue weighted by Gasteiger charge is 2.30. The van der Waals surface area contributed by atoms with Crippen molar-refractivity contribution >= 4 is 21.9 Å². The third-order valence-electron chi connectivity index (χ3n) is 4.22. The third-order valence-corrected chi connectivity index (χ3v) is 5.35. The van der Waals surface area contributed by atoms with Crippen molar-refractivity contribution in [2.75, 3.05) is 11.6 Å². The molecule has 1 N–H and O–H groups in total. The maximum Gasteiger partial charge on any atom is 0.408 e. The van der Waals surface area contributed by atoms with Crippen molar-refractivity contribution in [3.05, 3.63) is 65.1 Å². The van der Waals surface area contributed by atoms with Crippen molar-refractivity contribution in [3.63, 3.8) is 0 Å². The number of hydrogen-bond acceptors (Lipinski definition) is 6. The second kappa shape index (κ2) is 8.83. The summed E-state index contributed by atoms with van der Waals surface area (Å²) in [5.74, 6) is -0.301. The molecule has 0 aliphatic rings. The van der Waals surface area contributed by atoms with E-state index < -0.39 is 33.9 Å². The van der Waals surface area contributed by atoms with Crippen LogP contribution in [0, 0.1) is 0 Å². The van der Waals surface area contributed by atoms with Crippen LogP contribution in [0.15, 0.2) is 64.4 Å². The number of carbonyl (C=O) groups is 1. The summed E-state index contributed by atoms with van der Waals surface area (Å²) >= 11 is 0. The molecule has 0 aliphatic carbocycles. The zero-order chi connectivity index (χ0) is 23.5. The molecule has 0 saturated heterocycles. The second-order valence-corrected chi connectivity index (χ2v) is 8.67. The van der Waals surface area contributed by atoms with Crippen LogP contribution in [0.3, 0.4) is 0 Å². The fraction of sp³-hybridized carbons (Fsp3) is 0.150. The van der Waals surface area contributed by atoms with Crippen LogP contribution < -0.4 is 15.6 Å². The SMILES string of the molecule is CS(=O)(=O)c1ccc(-c2cnn(CC(F)(F)F)c(=O)c2Oc2ccc(NC=O)cc2)cc1. The number of carbonyl (C=O) groups excluding carboxylic acids is 1. The number of ether oxygens (including phenoxy) is 1. The summed E-state index contributed by atoms with van der Waals surface area (Å²) in [6.45, 7) is -1.61. The van der Waals surface area contributed by atoms with E-state index in [0.29, 0.717) is 17.7 Å². The quantitative estimate of drug-likeness (QED) is 0.535. The van der Waals surface area contributed by atoms with E-state index in [2.05, 4.69) is 10.4 Å². The zero-order valence-corrected chi connectivity index (χ0v) is 17.3. The topological polar surface area (TPSA) is 107 Å². The first-order valence-electron chi connectivity index (χ1n) is 8.93. The van der Waals surface area contributed by atoms with Gasteiger partial charge in [0.25, 0.3) is 0 Å². The van der Waals surface area contributed by atoms with E-state index in [0.717, 1.165) is 12.5 Å². The van der Waals surface area contributed by atoms with Gasteiger partial charge in [-0.15, -0.1) is 0 Å². The molecule has 0 spiro atoms. The molecule has 12 heteroatoms. The average Bonchev–Trinajstić information content (AvgIpc) is 2.71. The van der Waals surface area contributed by atoms with Gasteiger partial charge in [-0.1, -0.05) is 12.1 Å². The molecular weight excluding hydrogens is 451 g/mol. The fourth-order valence-electron chi connectivity index (χ4n) is 2.74. The molecule has 3 rings (SSSR count). The van der Waals surface area contributed by atoms with Crippen LogP contribution in [-0.2, 0) is 21.2 Å². The van der Waals surface area contributed by atoms with E-state index in [1.165, 1.54) is 48.5 Å². The molecule has 0 unspecified atom stereocenters. The normalized spacial score (nSPS) is 11.8. The number of aromatic nitrogens is 2. The number of hydrogen-bond donors (Lipinski definition) is 1. The predicted octanol–water partition coefficient (Wildman–Crippen LogP) is 3.24. The highest BCUT2D eigenvalue weighted by Crippen LogP contribution is 2.31. The number of nitrogens with zero attached hydrogens (tertiary/aromatic N) is 2. The Morgan fingerprint density at radius 2 is 1.72 bits per heavy atom. The molecule has 0 saturated carbocycles. The maximum atomic E-state index is 12.8. The van der Waals surface area contributed by atoms with E-state index in [4.69, 9.17) is 4.74 Å². The van der Waals surface area contributed by atoms with Crippen LogP contribution in [0.5, 0.6) is 11.5 Å². The number of amides is 1. The first kappa shape index (κ1) is 23.0. The molecule has 1 aromatic heterocycles. The highest BCUT2D eigenvalue weighted by molar-refractivity contribution is 7.90. The Balaban J connectivity index is 2.09. The van der Waals surface area contributed by atoms with Gasteiger partial charge in [0.15, 0.2) is 9.84 Å². The minimum atomic E-state index is -4.69. The fourth-order valence-corrected chi connectivity index (χ4v) is 3.37. The first-order valence-corrected chi connectivity index (χ1v) is 10.8. The van der Waals surface area contributed by atoms with E-state index in [1.807, 2.05) is 0 Å². The summed E-state index contributed by atoms with van der Waals surface area (Å²) in [4.78, 5) is 23.3. The van der Waals surface area contributed by atoms with Gasteiger partial charge < -0.3 is 10.1 Å². The monoisotopic (exact) mass is 467 g/mol. The number of nitrogens with one attached hydrogen (secondary N) is 1.